The molecule has 0 unspecified atom stereocenters. The largest absolute Gasteiger partial charge is 1.00 e. The summed E-state index contributed by atoms with van der Waals surface area (Å²) in [5.74, 6) is 0.355. The second-order valence-electron chi connectivity index (χ2n) is 7.89. The minimum absolute atomic E-state index is 0. The van der Waals surface area contributed by atoms with Gasteiger partial charge in [0.2, 0.25) is 0 Å². The Bertz CT molecular complexity index is 609. The Morgan fingerprint density at radius 3 is 2.04 bits per heavy atom. The van der Waals surface area contributed by atoms with Crippen LogP contribution in [-0.4, -0.2) is 38.5 Å². The van der Waals surface area contributed by atoms with Gasteiger partial charge in [-0.15, -0.1) is 0 Å². The molecule has 0 amide bonds. The van der Waals surface area contributed by atoms with Gasteiger partial charge in [-0.05, 0) is 34.9 Å². The quantitative estimate of drug-likeness (QED) is 0.389. The number of hydrogen-bond acceptors (Lipinski definition) is 4. The summed E-state index contributed by atoms with van der Waals surface area (Å²) in [4.78, 5) is 0. The van der Waals surface area contributed by atoms with Crippen LogP contribution >= 0.6 is 0 Å². The van der Waals surface area contributed by atoms with Crippen LogP contribution in [0.2, 0.25) is 0 Å². The average Bonchev–Trinajstić information content (AvgIpc) is 2.39. The molecule has 5 nitrogen and oxygen atoms in total. The summed E-state index contributed by atoms with van der Waals surface area (Å²) < 4.78 is 40.3. The van der Waals surface area contributed by atoms with Gasteiger partial charge in [-0.1, -0.05) is 46.8 Å². The van der Waals surface area contributed by atoms with Crippen LogP contribution in [-0.2, 0) is 20.3 Å². The third kappa shape index (κ3) is 11.3. The van der Waals surface area contributed by atoms with E-state index in [1.54, 1.807) is 0 Å². The number of rotatable bonds is 9. The molecule has 1 aromatic carbocycles. The van der Waals surface area contributed by atoms with Gasteiger partial charge in [-0.2, -0.15) is 8.42 Å². The first-order valence-corrected chi connectivity index (χ1v) is 9.76. The minimum atomic E-state index is -3.96. The molecule has 0 atom stereocenters. The van der Waals surface area contributed by atoms with Crippen molar-refractivity contribution in [2.75, 3.05) is 25.6 Å². The summed E-state index contributed by atoms with van der Waals surface area (Å²) in [6.07, 6.45) is 1.09. The van der Waals surface area contributed by atoms with E-state index in [0.717, 1.165) is 12.2 Å². The fourth-order valence-electron chi connectivity index (χ4n) is 2.91. The van der Waals surface area contributed by atoms with E-state index in [0.29, 0.717) is 6.61 Å². The van der Waals surface area contributed by atoms with Gasteiger partial charge in [-0.3, -0.25) is 4.55 Å². The van der Waals surface area contributed by atoms with E-state index in [9.17, 15) is 8.42 Å². The van der Waals surface area contributed by atoms with Crippen LogP contribution in [0.1, 0.15) is 48.0 Å². The molecule has 140 valence electrons. The molecule has 1 rings (SSSR count). The molecular weight excluding hydrogens is 351 g/mol. The predicted octanol–water partition coefficient (Wildman–Crippen LogP) is 0.800. The van der Waals surface area contributed by atoms with Crippen molar-refractivity contribution in [1.29, 1.82) is 0 Å². The van der Waals surface area contributed by atoms with Gasteiger partial charge >= 0.3 is 29.6 Å². The van der Waals surface area contributed by atoms with Crippen molar-refractivity contribution >= 4 is 10.1 Å². The van der Waals surface area contributed by atoms with Crippen LogP contribution in [0.15, 0.2) is 24.3 Å². The summed E-state index contributed by atoms with van der Waals surface area (Å²) in [5, 5.41) is 0. The van der Waals surface area contributed by atoms with E-state index >= 15 is 0 Å². The zero-order chi connectivity index (χ0) is 18.4. The van der Waals surface area contributed by atoms with E-state index in [1.165, 1.54) is 5.56 Å². The minimum Gasteiger partial charge on any atom is -1.00 e. The molecule has 0 aliphatic rings. The fourth-order valence-corrected chi connectivity index (χ4v) is 3.24. The first-order chi connectivity index (χ1) is 10.9. The van der Waals surface area contributed by atoms with Crippen LogP contribution in [0.4, 0.5) is 0 Å². The van der Waals surface area contributed by atoms with Crippen LogP contribution < -0.4 is 34.3 Å². The molecule has 7 heteroatoms. The zero-order valence-electron chi connectivity index (χ0n) is 17.3. The molecule has 0 fully saturated rings. The Kier molecular flexibility index (Phi) is 10.2. The average molecular weight is 382 g/mol. The number of ether oxygens (including phenoxy) is 2. The summed E-state index contributed by atoms with van der Waals surface area (Å²) in [5.41, 5.74) is 1.63. The molecule has 0 aliphatic heterocycles. The molecule has 25 heavy (non-hydrogen) atoms. The molecule has 0 saturated heterocycles. The van der Waals surface area contributed by atoms with Crippen molar-refractivity contribution in [3.05, 3.63) is 29.8 Å². The maximum Gasteiger partial charge on any atom is 1.00 e. The van der Waals surface area contributed by atoms with E-state index in [4.69, 9.17) is 14.0 Å². The van der Waals surface area contributed by atoms with Gasteiger partial charge in [0.15, 0.2) is 0 Å². The van der Waals surface area contributed by atoms with Crippen LogP contribution in [0.25, 0.3) is 0 Å². The molecule has 0 heterocycles. The SMILES string of the molecule is CC(C)(C)CC(C)(C)c1ccc(OCCOCCS(=O)(=O)O)cc1.[H-].[Na+]. The third-order valence-electron chi connectivity index (χ3n) is 3.59. The number of benzene rings is 1. The Balaban J connectivity index is 0. The molecule has 1 N–H and O–H groups in total. The van der Waals surface area contributed by atoms with Gasteiger partial charge in [0.05, 0.1) is 19.0 Å². The Morgan fingerprint density at radius 2 is 1.56 bits per heavy atom. The number of hydrogen-bond donors (Lipinski definition) is 1. The van der Waals surface area contributed by atoms with Crippen LogP contribution in [0.3, 0.4) is 0 Å². The molecule has 0 aliphatic carbocycles. The fraction of sp³-hybridized carbons (Fsp3) is 0.667. The Labute approximate surface area is 176 Å². The van der Waals surface area contributed by atoms with E-state index in [2.05, 4.69) is 46.8 Å². The maximum atomic E-state index is 10.5. The molecule has 0 radical (unpaired) electrons. The third-order valence-corrected chi connectivity index (χ3v) is 4.27. The maximum absolute atomic E-state index is 10.5. The van der Waals surface area contributed by atoms with Crippen molar-refractivity contribution in [2.24, 2.45) is 5.41 Å². The Hall–Kier alpha value is -0.110. The van der Waals surface area contributed by atoms with E-state index in [-0.39, 0.29) is 55.0 Å². The first-order valence-electron chi connectivity index (χ1n) is 8.15. The van der Waals surface area contributed by atoms with Gasteiger partial charge in [0.25, 0.3) is 10.1 Å². The molecule has 0 saturated carbocycles. The van der Waals surface area contributed by atoms with Gasteiger partial charge in [-0.25, -0.2) is 0 Å². The van der Waals surface area contributed by atoms with Crippen molar-refractivity contribution in [3.63, 3.8) is 0 Å². The summed E-state index contributed by atoms with van der Waals surface area (Å²) in [6, 6.07) is 8.05. The summed E-state index contributed by atoms with van der Waals surface area (Å²) >= 11 is 0. The van der Waals surface area contributed by atoms with Gasteiger partial charge in [0, 0.05) is 0 Å². The second kappa shape index (κ2) is 10.3. The van der Waals surface area contributed by atoms with Crippen LogP contribution in [0.5, 0.6) is 5.75 Å². The van der Waals surface area contributed by atoms with Crippen molar-refractivity contribution in [3.8, 4) is 5.75 Å². The smallest absolute Gasteiger partial charge is 1.00 e. The van der Waals surface area contributed by atoms with Gasteiger partial charge in [0.1, 0.15) is 12.4 Å². The monoisotopic (exact) mass is 382 g/mol. The first kappa shape index (κ1) is 24.9. The molecule has 0 aromatic heterocycles. The molecule has 0 spiro atoms. The zero-order valence-corrected chi connectivity index (χ0v) is 19.1. The standard InChI is InChI=1S/C18H30O5S.Na.H/c1-17(2,3)14-18(4,5)15-6-8-16(9-7-15)23-11-10-22-12-13-24(19,20)21;;/h6-9H,10-14H2,1-5H3,(H,19,20,21);;/q;+1;-1. The summed E-state index contributed by atoms with van der Waals surface area (Å²) in [7, 11) is -3.96. The molecule has 1 aromatic rings. The van der Waals surface area contributed by atoms with Crippen molar-refractivity contribution in [2.45, 2.75) is 46.5 Å². The normalized spacial score (nSPS) is 12.6. The van der Waals surface area contributed by atoms with E-state index in [1.807, 2.05) is 12.1 Å². The second-order valence-corrected chi connectivity index (χ2v) is 9.46. The topological polar surface area (TPSA) is 72.8 Å². The van der Waals surface area contributed by atoms with Crippen molar-refractivity contribution in [1.82, 2.24) is 0 Å². The molecular formula is C18H31NaO5S. The van der Waals surface area contributed by atoms with E-state index < -0.39 is 15.9 Å². The predicted molar refractivity (Wildman–Crippen MR) is 97.4 cm³/mol. The van der Waals surface area contributed by atoms with Crippen molar-refractivity contribution < 1.29 is 53.4 Å². The van der Waals surface area contributed by atoms with Gasteiger partial charge < -0.3 is 10.9 Å². The summed E-state index contributed by atoms with van der Waals surface area (Å²) in [6.45, 7) is 11.8. The molecule has 0 bridgehead atoms. The Morgan fingerprint density at radius 1 is 1.00 bits per heavy atom. The van der Waals surface area contributed by atoms with Crippen LogP contribution in [0, 0.1) is 5.41 Å².